The molecule has 2 aromatic rings. The molecule has 34 heavy (non-hydrogen) atoms. The fourth-order valence-electron chi connectivity index (χ4n) is 3.63. The van der Waals surface area contributed by atoms with Crippen LogP contribution in [0.4, 0.5) is 11.4 Å². The molecule has 1 aliphatic rings. The van der Waals surface area contributed by atoms with Gasteiger partial charge in [0.25, 0.3) is 5.91 Å². The van der Waals surface area contributed by atoms with E-state index < -0.39 is 0 Å². The lowest BCUT2D eigenvalue weighted by atomic mass is 10.1. The summed E-state index contributed by atoms with van der Waals surface area (Å²) < 4.78 is 11.0. The number of likely N-dealkylation sites (N-methyl/N-ethyl adjacent to an activating group) is 1. The van der Waals surface area contributed by atoms with Crippen LogP contribution >= 0.6 is 0 Å². The van der Waals surface area contributed by atoms with E-state index in [0.29, 0.717) is 61.3 Å². The van der Waals surface area contributed by atoms with Gasteiger partial charge in [-0.25, -0.2) is 0 Å². The van der Waals surface area contributed by atoms with Crippen molar-refractivity contribution in [2.45, 2.75) is 20.8 Å². The van der Waals surface area contributed by atoms with Crippen LogP contribution in [0.15, 0.2) is 42.5 Å². The van der Waals surface area contributed by atoms with Crippen LogP contribution in [-0.4, -0.2) is 73.5 Å². The summed E-state index contributed by atoms with van der Waals surface area (Å²) in [6.45, 7) is 8.55. The first-order valence-corrected chi connectivity index (χ1v) is 11.5. The Morgan fingerprint density at radius 3 is 2.03 bits per heavy atom. The predicted molar refractivity (Wildman–Crippen MR) is 130 cm³/mol. The predicted octanol–water partition coefficient (Wildman–Crippen LogP) is 2.84. The molecule has 9 heteroatoms. The van der Waals surface area contributed by atoms with E-state index in [1.165, 1.54) is 0 Å². The summed E-state index contributed by atoms with van der Waals surface area (Å²) in [7, 11) is 0. The maximum atomic E-state index is 12.6. The van der Waals surface area contributed by atoms with Crippen molar-refractivity contribution in [3.63, 3.8) is 0 Å². The average Bonchev–Trinajstić information content (AvgIpc) is 2.84. The van der Waals surface area contributed by atoms with Crippen molar-refractivity contribution in [3.8, 4) is 11.5 Å². The van der Waals surface area contributed by atoms with Gasteiger partial charge in [0.1, 0.15) is 13.2 Å². The minimum absolute atomic E-state index is 0.0410. The molecule has 0 radical (unpaired) electrons. The summed E-state index contributed by atoms with van der Waals surface area (Å²) in [5.74, 6) is 0.670. The van der Waals surface area contributed by atoms with Crippen LogP contribution in [0.2, 0.25) is 0 Å². The number of hydrogen-bond donors (Lipinski definition) is 2. The molecular formula is C25H32N4O5. The third-order valence-electron chi connectivity index (χ3n) is 5.45. The van der Waals surface area contributed by atoms with Crippen molar-refractivity contribution >= 4 is 29.1 Å². The maximum Gasteiger partial charge on any atom is 0.253 e. The number of fused-ring (bicyclic) bond motifs is 1. The molecule has 0 aliphatic carbocycles. The molecule has 3 rings (SSSR count). The Hall–Kier alpha value is -3.59. The largest absolute Gasteiger partial charge is 0.486 e. The van der Waals surface area contributed by atoms with Gasteiger partial charge in [0.2, 0.25) is 11.8 Å². The number of benzene rings is 2. The summed E-state index contributed by atoms with van der Waals surface area (Å²) >= 11 is 0. The standard InChI is InChI=1S/C25H32N4O5/c1-4-28(17-24(31)27-20-10-11-21-22(15-20)34-13-12-33-21)16-23(30)26-19-9-7-8-18(14-19)25(32)29(5-2)6-3/h7-11,14-15H,4-6,12-13,16-17H2,1-3H3,(H,26,30)(H,27,31). The Morgan fingerprint density at radius 2 is 1.41 bits per heavy atom. The number of hydrogen-bond acceptors (Lipinski definition) is 6. The molecule has 0 aromatic heterocycles. The number of nitrogens with zero attached hydrogens (tertiary/aromatic N) is 2. The fourth-order valence-corrected chi connectivity index (χ4v) is 3.63. The number of ether oxygens (including phenoxy) is 2. The number of anilines is 2. The highest BCUT2D eigenvalue weighted by Gasteiger charge is 2.17. The molecular weight excluding hydrogens is 436 g/mol. The average molecular weight is 469 g/mol. The SMILES string of the molecule is CCN(CC(=O)Nc1cccc(C(=O)N(CC)CC)c1)CC(=O)Nc1ccc2c(c1)OCCO2. The van der Waals surface area contributed by atoms with E-state index in [1.807, 2.05) is 20.8 Å². The molecule has 0 bridgehead atoms. The van der Waals surface area contributed by atoms with Crippen molar-refractivity contribution in [2.75, 3.05) is 56.6 Å². The quantitative estimate of drug-likeness (QED) is 0.556. The van der Waals surface area contributed by atoms with Crippen LogP contribution in [0.3, 0.4) is 0 Å². The van der Waals surface area contributed by atoms with E-state index in [2.05, 4.69) is 10.6 Å². The summed E-state index contributed by atoms with van der Waals surface area (Å²) in [5.41, 5.74) is 1.66. The first kappa shape index (κ1) is 25.0. The van der Waals surface area contributed by atoms with Crippen molar-refractivity contribution in [1.82, 2.24) is 9.80 Å². The summed E-state index contributed by atoms with van der Waals surface area (Å²) in [6.07, 6.45) is 0. The molecule has 0 atom stereocenters. The van der Waals surface area contributed by atoms with Crippen molar-refractivity contribution in [1.29, 1.82) is 0 Å². The van der Waals surface area contributed by atoms with Gasteiger partial charge in [0.15, 0.2) is 11.5 Å². The van der Waals surface area contributed by atoms with E-state index in [1.54, 1.807) is 52.3 Å². The third-order valence-corrected chi connectivity index (χ3v) is 5.45. The van der Waals surface area contributed by atoms with Gasteiger partial charge < -0.3 is 25.0 Å². The van der Waals surface area contributed by atoms with Gasteiger partial charge >= 0.3 is 0 Å². The number of nitrogens with one attached hydrogen (secondary N) is 2. The van der Waals surface area contributed by atoms with E-state index in [9.17, 15) is 14.4 Å². The van der Waals surface area contributed by atoms with Crippen LogP contribution in [-0.2, 0) is 9.59 Å². The van der Waals surface area contributed by atoms with Gasteiger partial charge in [0, 0.05) is 36.1 Å². The molecule has 0 saturated heterocycles. The Morgan fingerprint density at radius 1 is 0.794 bits per heavy atom. The minimum Gasteiger partial charge on any atom is -0.486 e. The zero-order chi connectivity index (χ0) is 24.5. The van der Waals surface area contributed by atoms with E-state index in [-0.39, 0.29) is 30.8 Å². The lowest BCUT2D eigenvalue weighted by Crippen LogP contribution is -2.38. The first-order chi connectivity index (χ1) is 16.4. The summed E-state index contributed by atoms with van der Waals surface area (Å²) in [6, 6.07) is 12.1. The summed E-state index contributed by atoms with van der Waals surface area (Å²) in [5, 5.41) is 5.65. The van der Waals surface area contributed by atoms with Gasteiger partial charge in [-0.1, -0.05) is 13.0 Å². The molecule has 1 heterocycles. The van der Waals surface area contributed by atoms with Crippen LogP contribution < -0.4 is 20.1 Å². The molecule has 0 saturated carbocycles. The van der Waals surface area contributed by atoms with Crippen molar-refractivity contribution in [3.05, 3.63) is 48.0 Å². The highest BCUT2D eigenvalue weighted by molar-refractivity contribution is 5.98. The Balaban J connectivity index is 1.54. The molecule has 9 nitrogen and oxygen atoms in total. The number of carbonyl (C=O) groups is 3. The minimum atomic E-state index is -0.263. The molecule has 0 fully saturated rings. The molecule has 0 unspecified atom stereocenters. The van der Waals surface area contributed by atoms with Crippen molar-refractivity contribution < 1.29 is 23.9 Å². The van der Waals surface area contributed by atoms with Crippen LogP contribution in [0.1, 0.15) is 31.1 Å². The van der Waals surface area contributed by atoms with Crippen molar-refractivity contribution in [2.24, 2.45) is 0 Å². The van der Waals surface area contributed by atoms with E-state index in [0.717, 1.165) is 0 Å². The molecule has 1 aliphatic heterocycles. The highest BCUT2D eigenvalue weighted by atomic mass is 16.6. The van der Waals surface area contributed by atoms with Crippen LogP contribution in [0.5, 0.6) is 11.5 Å². The second-order valence-electron chi connectivity index (χ2n) is 7.82. The number of carbonyl (C=O) groups excluding carboxylic acids is 3. The maximum absolute atomic E-state index is 12.6. The van der Waals surface area contributed by atoms with E-state index >= 15 is 0 Å². The van der Waals surface area contributed by atoms with Gasteiger partial charge in [-0.3, -0.25) is 19.3 Å². The highest BCUT2D eigenvalue weighted by Crippen LogP contribution is 2.32. The zero-order valence-electron chi connectivity index (χ0n) is 19.9. The van der Waals surface area contributed by atoms with Gasteiger partial charge in [0.05, 0.1) is 13.1 Å². The Bertz CT molecular complexity index is 1020. The normalized spacial score (nSPS) is 12.2. The van der Waals surface area contributed by atoms with Gasteiger partial charge in [-0.2, -0.15) is 0 Å². The Kier molecular flexibility index (Phi) is 8.86. The monoisotopic (exact) mass is 468 g/mol. The second kappa shape index (κ2) is 12.0. The first-order valence-electron chi connectivity index (χ1n) is 11.5. The fraction of sp³-hybridized carbons (Fsp3) is 0.400. The van der Waals surface area contributed by atoms with Crippen LogP contribution in [0, 0.1) is 0 Å². The third kappa shape index (κ3) is 6.71. The lowest BCUT2D eigenvalue weighted by Gasteiger charge is -2.21. The van der Waals surface area contributed by atoms with Gasteiger partial charge in [-0.05, 0) is 50.7 Å². The summed E-state index contributed by atoms with van der Waals surface area (Å²) in [4.78, 5) is 41.1. The molecule has 3 amide bonds. The van der Waals surface area contributed by atoms with E-state index in [4.69, 9.17) is 9.47 Å². The molecule has 2 N–H and O–H groups in total. The molecule has 2 aromatic carbocycles. The smallest absolute Gasteiger partial charge is 0.253 e. The Labute approximate surface area is 200 Å². The number of rotatable bonds is 10. The molecule has 0 spiro atoms. The second-order valence-corrected chi connectivity index (χ2v) is 7.82. The number of amides is 3. The lowest BCUT2D eigenvalue weighted by molar-refractivity contribution is -0.119. The molecule has 182 valence electrons. The van der Waals surface area contributed by atoms with Crippen LogP contribution in [0.25, 0.3) is 0 Å². The zero-order valence-corrected chi connectivity index (χ0v) is 19.9. The van der Waals surface area contributed by atoms with Gasteiger partial charge in [-0.15, -0.1) is 0 Å². The topological polar surface area (TPSA) is 100 Å².